The van der Waals surface area contributed by atoms with Gasteiger partial charge in [0.05, 0.1) is 5.69 Å². The average Bonchev–Trinajstić information content (AvgIpc) is 2.98. The second-order valence-corrected chi connectivity index (χ2v) is 6.04. The predicted octanol–water partition coefficient (Wildman–Crippen LogP) is 4.48. The maximum absolute atomic E-state index is 12.5. The number of rotatable bonds is 0. The highest BCUT2D eigenvalue weighted by molar-refractivity contribution is 6.17. The van der Waals surface area contributed by atoms with Crippen LogP contribution in [0.25, 0.3) is 16.5 Å². The molecule has 1 saturated carbocycles. The lowest BCUT2D eigenvalue weighted by Crippen LogP contribution is -2.01. The van der Waals surface area contributed by atoms with Crippen LogP contribution in [0.15, 0.2) is 29.8 Å². The molecule has 102 valence electrons. The number of hydrogen-bond acceptors (Lipinski definition) is 1. The summed E-state index contributed by atoms with van der Waals surface area (Å²) in [6, 6.07) is 8.41. The zero-order chi connectivity index (χ0) is 13.7. The molecule has 0 bridgehead atoms. The van der Waals surface area contributed by atoms with E-state index in [1.165, 1.54) is 54.1 Å². The largest absolute Gasteiger partial charge is 0.341 e. The molecule has 0 amide bonds. The summed E-state index contributed by atoms with van der Waals surface area (Å²) < 4.78 is 2.09. The Morgan fingerprint density at radius 3 is 2.60 bits per heavy atom. The van der Waals surface area contributed by atoms with Crippen LogP contribution in [0.4, 0.5) is 0 Å². The van der Waals surface area contributed by atoms with Crippen molar-refractivity contribution >= 4 is 22.3 Å². The number of nitrogens with zero attached hydrogens (tertiary/aromatic N) is 1. The second kappa shape index (κ2) is 4.34. The molecule has 1 aromatic carbocycles. The molecule has 20 heavy (non-hydrogen) atoms. The Hall–Kier alpha value is -1.83. The maximum atomic E-state index is 12.5. The molecule has 2 aliphatic rings. The normalized spacial score (nSPS) is 18.9. The van der Waals surface area contributed by atoms with E-state index >= 15 is 0 Å². The van der Waals surface area contributed by atoms with Crippen LogP contribution >= 0.6 is 0 Å². The molecule has 2 aromatic rings. The fraction of sp³-hybridized carbons (Fsp3) is 0.389. The van der Waals surface area contributed by atoms with Crippen LogP contribution in [0.3, 0.4) is 0 Å². The summed E-state index contributed by atoms with van der Waals surface area (Å²) in [6.07, 6.45) is 6.91. The lowest BCUT2D eigenvalue weighted by atomic mass is 9.88. The first-order valence-electron chi connectivity index (χ1n) is 7.59. The SMILES string of the molecule is Cn1c2c(c3ccccc31)C(=C1CCCCC1)CC2=O. The van der Waals surface area contributed by atoms with E-state index < -0.39 is 0 Å². The molecule has 0 radical (unpaired) electrons. The van der Waals surface area contributed by atoms with E-state index in [0.29, 0.717) is 12.2 Å². The zero-order valence-corrected chi connectivity index (χ0v) is 11.9. The van der Waals surface area contributed by atoms with E-state index in [4.69, 9.17) is 0 Å². The van der Waals surface area contributed by atoms with Gasteiger partial charge in [0, 0.05) is 29.9 Å². The third-order valence-electron chi connectivity index (χ3n) is 4.89. The summed E-state index contributed by atoms with van der Waals surface area (Å²) in [7, 11) is 2.02. The standard InChI is InChI=1S/C18H19NO/c1-19-15-10-6-5-9-13(15)17-14(11-16(20)18(17)19)12-7-3-2-4-8-12/h5-6,9-10H,2-4,7-8,11H2,1H3. The van der Waals surface area contributed by atoms with Gasteiger partial charge in [0.15, 0.2) is 5.78 Å². The smallest absolute Gasteiger partial charge is 0.184 e. The van der Waals surface area contributed by atoms with Gasteiger partial charge in [-0.05, 0) is 37.3 Å². The van der Waals surface area contributed by atoms with Crippen LogP contribution in [-0.4, -0.2) is 10.4 Å². The topological polar surface area (TPSA) is 22.0 Å². The number of fused-ring (bicyclic) bond motifs is 3. The second-order valence-electron chi connectivity index (χ2n) is 6.04. The molecule has 2 nitrogen and oxygen atoms in total. The minimum absolute atomic E-state index is 0.298. The van der Waals surface area contributed by atoms with Crippen molar-refractivity contribution in [1.29, 1.82) is 0 Å². The van der Waals surface area contributed by atoms with Crippen molar-refractivity contribution in [3.05, 3.63) is 41.1 Å². The van der Waals surface area contributed by atoms with Gasteiger partial charge in [0.1, 0.15) is 0 Å². The highest BCUT2D eigenvalue weighted by Crippen LogP contribution is 2.43. The van der Waals surface area contributed by atoms with Crippen molar-refractivity contribution < 1.29 is 4.79 Å². The van der Waals surface area contributed by atoms with Gasteiger partial charge in [-0.1, -0.05) is 30.2 Å². The summed E-state index contributed by atoms with van der Waals surface area (Å²) >= 11 is 0. The molecule has 4 rings (SSSR count). The van der Waals surface area contributed by atoms with Gasteiger partial charge < -0.3 is 4.57 Å². The third-order valence-corrected chi connectivity index (χ3v) is 4.89. The van der Waals surface area contributed by atoms with Crippen LogP contribution in [-0.2, 0) is 7.05 Å². The fourth-order valence-electron chi connectivity index (χ4n) is 3.94. The van der Waals surface area contributed by atoms with Gasteiger partial charge in [-0.2, -0.15) is 0 Å². The number of Topliss-reactive ketones (excluding diaryl/α,β-unsaturated/α-hetero) is 1. The van der Waals surface area contributed by atoms with E-state index in [1.54, 1.807) is 5.57 Å². The molecule has 0 saturated heterocycles. The summed E-state index contributed by atoms with van der Waals surface area (Å²) in [6.45, 7) is 0. The monoisotopic (exact) mass is 265 g/mol. The Morgan fingerprint density at radius 1 is 1.05 bits per heavy atom. The van der Waals surface area contributed by atoms with Crippen molar-refractivity contribution in [2.75, 3.05) is 0 Å². The first kappa shape index (κ1) is 12.0. The van der Waals surface area contributed by atoms with Gasteiger partial charge >= 0.3 is 0 Å². The van der Waals surface area contributed by atoms with Crippen LogP contribution < -0.4 is 0 Å². The number of allylic oxidation sites excluding steroid dienone is 2. The fourth-order valence-corrected chi connectivity index (χ4v) is 3.94. The highest BCUT2D eigenvalue weighted by atomic mass is 16.1. The minimum Gasteiger partial charge on any atom is -0.341 e. The number of carbonyl (C=O) groups excluding carboxylic acids is 1. The first-order valence-corrected chi connectivity index (χ1v) is 7.59. The molecule has 1 aromatic heterocycles. The number of hydrogen-bond donors (Lipinski definition) is 0. The van der Waals surface area contributed by atoms with Crippen molar-refractivity contribution in [3.8, 4) is 0 Å². The van der Waals surface area contributed by atoms with Crippen LogP contribution in [0.5, 0.6) is 0 Å². The van der Waals surface area contributed by atoms with Gasteiger partial charge in [-0.3, -0.25) is 4.79 Å². The van der Waals surface area contributed by atoms with Crippen molar-refractivity contribution in [3.63, 3.8) is 0 Å². The maximum Gasteiger partial charge on any atom is 0.184 e. The molecule has 0 unspecified atom stereocenters. The number of aromatic nitrogens is 1. The predicted molar refractivity (Wildman–Crippen MR) is 81.9 cm³/mol. The molecule has 1 fully saturated rings. The summed E-state index contributed by atoms with van der Waals surface area (Å²) in [5.41, 5.74) is 6.24. The molecule has 1 heterocycles. The van der Waals surface area contributed by atoms with E-state index in [-0.39, 0.29) is 0 Å². The summed E-state index contributed by atoms with van der Waals surface area (Å²) in [5.74, 6) is 0.298. The summed E-state index contributed by atoms with van der Waals surface area (Å²) in [5, 5.41) is 1.25. The lowest BCUT2D eigenvalue weighted by Gasteiger charge is -2.16. The first-order chi connectivity index (χ1) is 9.77. The van der Waals surface area contributed by atoms with Crippen LogP contribution in [0.2, 0.25) is 0 Å². The van der Waals surface area contributed by atoms with E-state index in [0.717, 1.165) is 5.69 Å². The molecule has 0 aliphatic heterocycles. The van der Waals surface area contributed by atoms with Crippen molar-refractivity contribution in [2.24, 2.45) is 7.05 Å². The van der Waals surface area contributed by atoms with E-state index in [1.807, 2.05) is 7.05 Å². The van der Waals surface area contributed by atoms with Gasteiger partial charge in [-0.25, -0.2) is 0 Å². The Bertz CT molecular complexity index is 740. The van der Waals surface area contributed by atoms with Crippen molar-refractivity contribution in [2.45, 2.75) is 38.5 Å². The number of benzene rings is 1. The quantitative estimate of drug-likeness (QED) is 0.688. The molecule has 2 aliphatic carbocycles. The molecular formula is C18H19NO. The average molecular weight is 265 g/mol. The molecular weight excluding hydrogens is 246 g/mol. The van der Waals surface area contributed by atoms with Gasteiger partial charge in [0.25, 0.3) is 0 Å². The Kier molecular flexibility index (Phi) is 2.59. The highest BCUT2D eigenvalue weighted by Gasteiger charge is 2.32. The zero-order valence-electron chi connectivity index (χ0n) is 11.9. The molecule has 0 N–H and O–H groups in total. The summed E-state index contributed by atoms with van der Waals surface area (Å²) in [4.78, 5) is 12.5. The Balaban J connectivity index is 2.02. The van der Waals surface area contributed by atoms with E-state index in [9.17, 15) is 4.79 Å². The number of ketones is 1. The molecule has 0 spiro atoms. The van der Waals surface area contributed by atoms with Crippen LogP contribution in [0.1, 0.15) is 54.6 Å². The number of aryl methyl sites for hydroxylation is 1. The van der Waals surface area contributed by atoms with Gasteiger partial charge in [-0.15, -0.1) is 0 Å². The minimum atomic E-state index is 0.298. The van der Waals surface area contributed by atoms with Gasteiger partial charge in [0.2, 0.25) is 0 Å². The third kappa shape index (κ3) is 1.54. The van der Waals surface area contributed by atoms with E-state index in [2.05, 4.69) is 28.8 Å². The Morgan fingerprint density at radius 2 is 1.80 bits per heavy atom. The van der Waals surface area contributed by atoms with Crippen molar-refractivity contribution in [1.82, 2.24) is 4.57 Å². The lowest BCUT2D eigenvalue weighted by molar-refractivity contribution is 0.0997. The number of carbonyl (C=O) groups is 1. The van der Waals surface area contributed by atoms with Crippen LogP contribution in [0, 0.1) is 0 Å². The number of para-hydroxylation sites is 1. The Labute approximate surface area is 119 Å². The molecule has 2 heteroatoms. The molecule has 0 atom stereocenters.